The van der Waals surface area contributed by atoms with Gasteiger partial charge >= 0.3 is 0 Å². The number of hydrogen-bond acceptors (Lipinski definition) is 4. The third-order valence-electron chi connectivity index (χ3n) is 1.47. The fourth-order valence-corrected chi connectivity index (χ4v) is 0.767. The lowest BCUT2D eigenvalue weighted by Crippen LogP contribution is -2.29. The lowest BCUT2D eigenvalue weighted by molar-refractivity contribution is -0.00855. The Hall–Kier alpha value is -0.160. The lowest BCUT2D eigenvalue weighted by Gasteiger charge is -2.15. The maximum atomic E-state index is 5.46. The van der Waals surface area contributed by atoms with Gasteiger partial charge in [0, 0.05) is 19.8 Å². The second-order valence-electron chi connectivity index (χ2n) is 2.53. The van der Waals surface area contributed by atoms with Gasteiger partial charge in [-0.05, 0) is 19.9 Å². The van der Waals surface area contributed by atoms with Crippen LogP contribution >= 0.6 is 0 Å². The summed E-state index contributed by atoms with van der Waals surface area (Å²) in [7, 11) is 0. The molecule has 0 amide bonds. The molecule has 0 bridgehead atoms. The second-order valence-corrected chi connectivity index (χ2v) is 2.53. The topological polar surface area (TPSA) is 70.5 Å². The van der Waals surface area contributed by atoms with E-state index in [1.807, 2.05) is 6.92 Å². The molecule has 0 rings (SSSR count). The first-order valence-electron chi connectivity index (χ1n) is 4.44. The van der Waals surface area contributed by atoms with E-state index in [2.05, 4.69) is 0 Å². The molecule has 0 aliphatic heterocycles. The van der Waals surface area contributed by atoms with E-state index in [1.54, 1.807) is 0 Å². The van der Waals surface area contributed by atoms with Gasteiger partial charge in [0.05, 0.1) is 12.7 Å². The summed E-state index contributed by atoms with van der Waals surface area (Å²) >= 11 is 0. The molecule has 4 nitrogen and oxygen atoms in total. The van der Waals surface area contributed by atoms with Crippen molar-refractivity contribution < 1.29 is 9.47 Å². The molecule has 0 aliphatic carbocycles. The van der Waals surface area contributed by atoms with Crippen LogP contribution in [0.15, 0.2) is 0 Å². The zero-order chi connectivity index (χ0) is 9.23. The van der Waals surface area contributed by atoms with Gasteiger partial charge in [-0.15, -0.1) is 0 Å². The number of rotatable bonds is 8. The molecule has 1 atom stereocenters. The summed E-state index contributed by atoms with van der Waals surface area (Å²) in [6.45, 7) is 5.07. The van der Waals surface area contributed by atoms with Gasteiger partial charge in [-0.3, -0.25) is 0 Å². The first-order valence-corrected chi connectivity index (χ1v) is 4.44. The second kappa shape index (κ2) is 8.93. The summed E-state index contributed by atoms with van der Waals surface area (Å²) in [5.74, 6) is 0. The van der Waals surface area contributed by atoms with Crippen LogP contribution in [-0.2, 0) is 9.47 Å². The first kappa shape index (κ1) is 11.8. The molecule has 0 aromatic rings. The van der Waals surface area contributed by atoms with Crippen LogP contribution in [0.5, 0.6) is 0 Å². The van der Waals surface area contributed by atoms with Crippen molar-refractivity contribution in [1.82, 2.24) is 0 Å². The summed E-state index contributed by atoms with van der Waals surface area (Å²) < 4.78 is 10.6. The molecule has 0 radical (unpaired) electrons. The Kier molecular flexibility index (Phi) is 8.81. The Morgan fingerprint density at radius 2 is 2.08 bits per heavy atom. The molecule has 0 saturated heterocycles. The molecular weight excluding hydrogens is 156 g/mol. The highest BCUT2D eigenvalue weighted by Gasteiger charge is 2.05. The minimum Gasteiger partial charge on any atom is -0.379 e. The number of ether oxygens (including phenoxy) is 2. The van der Waals surface area contributed by atoms with E-state index in [0.717, 1.165) is 6.42 Å². The van der Waals surface area contributed by atoms with Crippen molar-refractivity contribution in [2.75, 3.05) is 32.9 Å². The Morgan fingerprint density at radius 1 is 1.33 bits per heavy atom. The molecule has 12 heavy (non-hydrogen) atoms. The van der Waals surface area contributed by atoms with Gasteiger partial charge in [0.25, 0.3) is 0 Å². The molecule has 0 heterocycles. The average Bonchev–Trinajstić information content (AvgIpc) is 2.11. The smallest absolute Gasteiger partial charge is 0.0930 e. The van der Waals surface area contributed by atoms with Crippen LogP contribution in [0.4, 0.5) is 0 Å². The van der Waals surface area contributed by atoms with Gasteiger partial charge in [-0.1, -0.05) is 0 Å². The lowest BCUT2D eigenvalue weighted by atomic mass is 10.4. The van der Waals surface area contributed by atoms with E-state index < -0.39 is 0 Å². The number of nitrogens with two attached hydrogens (primary N) is 2. The molecule has 0 fully saturated rings. The van der Waals surface area contributed by atoms with Crippen molar-refractivity contribution in [3.63, 3.8) is 0 Å². The molecule has 0 saturated carbocycles. The average molecular weight is 176 g/mol. The maximum Gasteiger partial charge on any atom is 0.0930 e. The van der Waals surface area contributed by atoms with E-state index in [0.29, 0.717) is 32.9 Å². The van der Waals surface area contributed by atoms with Gasteiger partial charge in [-0.2, -0.15) is 0 Å². The third-order valence-corrected chi connectivity index (χ3v) is 1.47. The van der Waals surface area contributed by atoms with E-state index in [-0.39, 0.29) is 6.10 Å². The van der Waals surface area contributed by atoms with Crippen molar-refractivity contribution in [2.24, 2.45) is 11.5 Å². The van der Waals surface area contributed by atoms with Crippen molar-refractivity contribution in [1.29, 1.82) is 0 Å². The molecule has 0 spiro atoms. The highest BCUT2D eigenvalue weighted by Crippen LogP contribution is 1.92. The van der Waals surface area contributed by atoms with Crippen LogP contribution in [0.2, 0.25) is 0 Å². The van der Waals surface area contributed by atoms with Crippen molar-refractivity contribution in [2.45, 2.75) is 19.4 Å². The van der Waals surface area contributed by atoms with E-state index >= 15 is 0 Å². The van der Waals surface area contributed by atoms with Crippen molar-refractivity contribution in [3.8, 4) is 0 Å². The summed E-state index contributed by atoms with van der Waals surface area (Å²) in [5, 5.41) is 0. The Labute approximate surface area is 74.2 Å². The normalized spacial score (nSPS) is 13.2. The zero-order valence-corrected chi connectivity index (χ0v) is 7.79. The third kappa shape index (κ3) is 6.54. The summed E-state index contributed by atoms with van der Waals surface area (Å²) in [6.07, 6.45) is 0.902. The van der Waals surface area contributed by atoms with E-state index in [1.165, 1.54) is 0 Å². The molecule has 74 valence electrons. The maximum absolute atomic E-state index is 5.46. The first-order chi connectivity index (χ1) is 5.85. The van der Waals surface area contributed by atoms with Crippen LogP contribution in [0.25, 0.3) is 0 Å². The molecule has 4 heteroatoms. The van der Waals surface area contributed by atoms with Gasteiger partial charge < -0.3 is 20.9 Å². The van der Waals surface area contributed by atoms with Crippen LogP contribution < -0.4 is 11.5 Å². The van der Waals surface area contributed by atoms with Gasteiger partial charge in [0.1, 0.15) is 0 Å². The Bertz CT molecular complexity index is 91.1. The fourth-order valence-electron chi connectivity index (χ4n) is 0.767. The van der Waals surface area contributed by atoms with E-state index in [9.17, 15) is 0 Å². The van der Waals surface area contributed by atoms with E-state index in [4.69, 9.17) is 20.9 Å². The van der Waals surface area contributed by atoms with Crippen LogP contribution in [0, 0.1) is 0 Å². The van der Waals surface area contributed by atoms with Crippen LogP contribution in [0.3, 0.4) is 0 Å². The summed E-state index contributed by atoms with van der Waals surface area (Å²) in [6, 6.07) is 0. The highest BCUT2D eigenvalue weighted by atomic mass is 16.5. The molecule has 0 aromatic heterocycles. The molecule has 0 aromatic carbocycles. The standard InChI is InChI=1S/C8H20N2O2/c1-2-11-7-8(6-10)12-5-3-4-9/h8H,2-7,9-10H2,1H3. The summed E-state index contributed by atoms with van der Waals surface area (Å²) in [4.78, 5) is 0. The van der Waals surface area contributed by atoms with Gasteiger partial charge in [0.15, 0.2) is 0 Å². The van der Waals surface area contributed by atoms with Crippen LogP contribution in [-0.4, -0.2) is 39.0 Å². The SMILES string of the molecule is CCOCC(CN)OCCCN. The molecule has 0 aliphatic rings. The van der Waals surface area contributed by atoms with Gasteiger partial charge in [0.2, 0.25) is 0 Å². The predicted molar refractivity (Wildman–Crippen MR) is 49.0 cm³/mol. The predicted octanol–water partition coefficient (Wildman–Crippen LogP) is -0.284. The largest absolute Gasteiger partial charge is 0.379 e. The van der Waals surface area contributed by atoms with Crippen LogP contribution in [0.1, 0.15) is 13.3 Å². The number of hydrogen-bond donors (Lipinski definition) is 2. The molecular formula is C8H20N2O2. The van der Waals surface area contributed by atoms with Gasteiger partial charge in [-0.25, -0.2) is 0 Å². The zero-order valence-electron chi connectivity index (χ0n) is 7.79. The Morgan fingerprint density at radius 3 is 2.58 bits per heavy atom. The molecule has 1 unspecified atom stereocenters. The quantitative estimate of drug-likeness (QED) is 0.499. The highest BCUT2D eigenvalue weighted by molar-refractivity contribution is 4.56. The summed E-state index contributed by atoms with van der Waals surface area (Å²) in [5.41, 5.74) is 10.8. The van der Waals surface area contributed by atoms with Crippen molar-refractivity contribution >= 4 is 0 Å². The minimum atomic E-state index is 0.0245. The Balaban J connectivity index is 3.26. The van der Waals surface area contributed by atoms with Crippen molar-refractivity contribution in [3.05, 3.63) is 0 Å². The minimum absolute atomic E-state index is 0.0245. The monoisotopic (exact) mass is 176 g/mol. The fraction of sp³-hybridized carbons (Fsp3) is 1.00. The molecule has 4 N–H and O–H groups in total.